The van der Waals surface area contributed by atoms with E-state index in [1.54, 1.807) is 0 Å². The summed E-state index contributed by atoms with van der Waals surface area (Å²) in [6.07, 6.45) is 5.10. The molecule has 2 aromatic rings. The molecular weight excluding hydrogens is 284 g/mol. The van der Waals surface area contributed by atoms with Crippen molar-refractivity contribution in [1.29, 1.82) is 0 Å². The highest BCUT2D eigenvalue weighted by Crippen LogP contribution is 2.25. The Balaban J connectivity index is 1.88. The van der Waals surface area contributed by atoms with E-state index in [-0.39, 0.29) is 0 Å². The summed E-state index contributed by atoms with van der Waals surface area (Å²) in [6.45, 7) is 8.41. The van der Waals surface area contributed by atoms with Gasteiger partial charge in [-0.15, -0.1) is 0 Å². The summed E-state index contributed by atoms with van der Waals surface area (Å²) < 4.78 is 0. The topological polar surface area (TPSA) is 41.1 Å². The van der Waals surface area contributed by atoms with Gasteiger partial charge in [0.25, 0.3) is 0 Å². The highest BCUT2D eigenvalue weighted by atomic mass is 15.3. The van der Waals surface area contributed by atoms with Gasteiger partial charge in [0.2, 0.25) is 5.95 Å². The first kappa shape index (κ1) is 15.8. The third-order valence-corrected chi connectivity index (χ3v) is 4.47. The van der Waals surface area contributed by atoms with Crippen molar-refractivity contribution >= 4 is 17.5 Å². The minimum atomic E-state index is 0.862. The van der Waals surface area contributed by atoms with Crippen molar-refractivity contribution in [3.63, 3.8) is 0 Å². The van der Waals surface area contributed by atoms with Crippen molar-refractivity contribution in [2.75, 3.05) is 23.3 Å². The van der Waals surface area contributed by atoms with Crippen LogP contribution in [0.15, 0.2) is 24.3 Å². The summed E-state index contributed by atoms with van der Waals surface area (Å²) >= 11 is 0. The van der Waals surface area contributed by atoms with Gasteiger partial charge in [-0.05, 0) is 44.7 Å². The Labute approximate surface area is 139 Å². The fourth-order valence-electron chi connectivity index (χ4n) is 3.17. The molecule has 1 aliphatic rings. The van der Waals surface area contributed by atoms with Gasteiger partial charge in [-0.3, -0.25) is 0 Å². The lowest BCUT2D eigenvalue weighted by Crippen LogP contribution is -2.26. The first-order chi connectivity index (χ1) is 11.1. The average Bonchev–Trinajstić information content (AvgIpc) is 2.80. The summed E-state index contributed by atoms with van der Waals surface area (Å²) in [6, 6.07) is 8.36. The van der Waals surface area contributed by atoms with Crippen LogP contribution in [0.3, 0.4) is 0 Å². The van der Waals surface area contributed by atoms with Gasteiger partial charge in [0.15, 0.2) is 0 Å². The van der Waals surface area contributed by atoms with Crippen molar-refractivity contribution in [2.24, 2.45) is 0 Å². The summed E-state index contributed by atoms with van der Waals surface area (Å²) in [5.74, 6) is 1.75. The zero-order chi connectivity index (χ0) is 16.2. The molecule has 1 aromatic carbocycles. The molecule has 4 nitrogen and oxygen atoms in total. The molecular formula is C19H26N4. The predicted octanol–water partition coefficient (Wildman–Crippen LogP) is 4.53. The molecule has 0 bridgehead atoms. The third kappa shape index (κ3) is 3.81. The van der Waals surface area contributed by atoms with Crippen molar-refractivity contribution in [3.8, 4) is 0 Å². The van der Waals surface area contributed by atoms with Crippen LogP contribution in [0, 0.1) is 20.8 Å². The van der Waals surface area contributed by atoms with Crippen LogP contribution in [0.5, 0.6) is 0 Å². The number of hydrogen-bond donors (Lipinski definition) is 1. The first-order valence-corrected chi connectivity index (χ1v) is 8.57. The molecule has 1 saturated heterocycles. The van der Waals surface area contributed by atoms with Crippen LogP contribution in [0.1, 0.15) is 42.5 Å². The average molecular weight is 310 g/mol. The second-order valence-corrected chi connectivity index (χ2v) is 6.49. The maximum atomic E-state index is 4.78. The SMILES string of the molecule is Cc1cc(Nc2c(C)cccc2C)nc(N2CCCCCC2)n1. The second-order valence-electron chi connectivity index (χ2n) is 6.49. The molecule has 1 aliphatic heterocycles. The Morgan fingerprint density at radius 3 is 2.22 bits per heavy atom. The summed E-state index contributed by atoms with van der Waals surface area (Å²) in [4.78, 5) is 11.8. The van der Waals surface area contributed by atoms with Gasteiger partial charge in [-0.2, -0.15) is 4.98 Å². The van der Waals surface area contributed by atoms with E-state index in [9.17, 15) is 0 Å². The lowest BCUT2D eigenvalue weighted by molar-refractivity contribution is 0.726. The Morgan fingerprint density at radius 1 is 0.913 bits per heavy atom. The second kappa shape index (κ2) is 6.99. The number of para-hydroxylation sites is 1. The quantitative estimate of drug-likeness (QED) is 0.904. The van der Waals surface area contributed by atoms with Gasteiger partial charge in [0.1, 0.15) is 5.82 Å². The highest BCUT2D eigenvalue weighted by Gasteiger charge is 2.14. The van der Waals surface area contributed by atoms with E-state index in [0.29, 0.717) is 0 Å². The molecule has 1 N–H and O–H groups in total. The van der Waals surface area contributed by atoms with Crippen molar-refractivity contribution in [3.05, 3.63) is 41.1 Å². The van der Waals surface area contributed by atoms with E-state index in [4.69, 9.17) is 4.98 Å². The minimum Gasteiger partial charge on any atom is -0.341 e. The number of nitrogens with one attached hydrogen (secondary N) is 1. The lowest BCUT2D eigenvalue weighted by atomic mass is 10.1. The van der Waals surface area contributed by atoms with Gasteiger partial charge in [-0.1, -0.05) is 31.0 Å². The fraction of sp³-hybridized carbons (Fsp3) is 0.474. The van der Waals surface area contributed by atoms with E-state index < -0.39 is 0 Å². The van der Waals surface area contributed by atoms with Gasteiger partial charge in [0, 0.05) is 30.5 Å². The summed E-state index contributed by atoms with van der Waals surface area (Å²) in [7, 11) is 0. The molecule has 0 saturated carbocycles. The smallest absolute Gasteiger partial charge is 0.227 e. The van der Waals surface area contributed by atoms with Crippen LogP contribution >= 0.6 is 0 Å². The lowest BCUT2D eigenvalue weighted by Gasteiger charge is -2.21. The molecule has 0 unspecified atom stereocenters. The number of hydrogen-bond acceptors (Lipinski definition) is 4. The van der Waals surface area contributed by atoms with E-state index >= 15 is 0 Å². The van der Waals surface area contributed by atoms with Crippen LogP contribution in [-0.4, -0.2) is 23.1 Å². The van der Waals surface area contributed by atoms with E-state index in [2.05, 4.69) is 47.2 Å². The summed E-state index contributed by atoms with van der Waals surface area (Å²) in [5, 5.41) is 3.50. The largest absolute Gasteiger partial charge is 0.341 e. The maximum Gasteiger partial charge on any atom is 0.227 e. The van der Waals surface area contributed by atoms with E-state index in [0.717, 1.165) is 36.2 Å². The van der Waals surface area contributed by atoms with Crippen molar-refractivity contribution in [1.82, 2.24) is 9.97 Å². The normalized spacial score (nSPS) is 15.3. The molecule has 0 atom stereocenters. The number of aromatic nitrogens is 2. The monoisotopic (exact) mass is 310 g/mol. The maximum absolute atomic E-state index is 4.78. The first-order valence-electron chi connectivity index (χ1n) is 8.57. The van der Waals surface area contributed by atoms with Crippen LogP contribution in [0.4, 0.5) is 17.5 Å². The molecule has 4 heteroatoms. The Bertz CT molecular complexity index is 653. The Kier molecular flexibility index (Phi) is 4.79. The molecule has 23 heavy (non-hydrogen) atoms. The molecule has 1 fully saturated rings. The summed E-state index contributed by atoms with van der Waals surface area (Å²) in [5.41, 5.74) is 4.62. The van der Waals surface area contributed by atoms with Gasteiger partial charge >= 0.3 is 0 Å². The third-order valence-electron chi connectivity index (χ3n) is 4.47. The van der Waals surface area contributed by atoms with Gasteiger partial charge < -0.3 is 10.2 Å². The zero-order valence-corrected chi connectivity index (χ0v) is 14.4. The van der Waals surface area contributed by atoms with E-state index in [1.807, 2.05) is 13.0 Å². The molecule has 122 valence electrons. The van der Waals surface area contributed by atoms with Crippen LogP contribution in [0.25, 0.3) is 0 Å². The van der Waals surface area contributed by atoms with E-state index in [1.165, 1.54) is 36.8 Å². The van der Waals surface area contributed by atoms with Crippen LogP contribution < -0.4 is 10.2 Å². The fourth-order valence-corrected chi connectivity index (χ4v) is 3.17. The number of anilines is 3. The standard InChI is InChI=1S/C19H26N4/c1-14-9-8-10-15(2)18(14)21-17-13-16(3)20-19(22-17)23-11-6-4-5-7-12-23/h8-10,13H,4-7,11-12H2,1-3H3,(H,20,21,22). The molecule has 0 amide bonds. The van der Waals surface area contributed by atoms with Crippen LogP contribution in [0.2, 0.25) is 0 Å². The Hall–Kier alpha value is -2.10. The number of rotatable bonds is 3. The van der Waals surface area contributed by atoms with Crippen LogP contribution in [-0.2, 0) is 0 Å². The molecule has 0 aliphatic carbocycles. The van der Waals surface area contributed by atoms with Gasteiger partial charge in [-0.25, -0.2) is 4.98 Å². The molecule has 2 heterocycles. The zero-order valence-electron chi connectivity index (χ0n) is 14.4. The number of nitrogens with zero attached hydrogens (tertiary/aromatic N) is 3. The highest BCUT2D eigenvalue weighted by molar-refractivity contribution is 5.65. The number of aryl methyl sites for hydroxylation is 3. The molecule has 0 radical (unpaired) electrons. The van der Waals surface area contributed by atoms with Gasteiger partial charge in [0.05, 0.1) is 0 Å². The predicted molar refractivity (Wildman–Crippen MR) is 96.6 cm³/mol. The number of benzene rings is 1. The Morgan fingerprint density at radius 2 is 1.57 bits per heavy atom. The molecule has 1 aromatic heterocycles. The van der Waals surface area contributed by atoms with Crippen molar-refractivity contribution < 1.29 is 0 Å². The molecule has 3 rings (SSSR count). The minimum absolute atomic E-state index is 0.862. The van der Waals surface area contributed by atoms with Crippen molar-refractivity contribution in [2.45, 2.75) is 46.5 Å². The molecule has 0 spiro atoms.